The number of methoxy groups -OCH3 is 1. The number of benzene rings is 1. The van der Waals surface area contributed by atoms with Gasteiger partial charge in [-0.05, 0) is 43.9 Å². The molecule has 1 aromatic carbocycles. The molecule has 0 amide bonds. The molecule has 0 spiro atoms. The largest absolute Gasteiger partial charge is 0.465 e. The Labute approximate surface area is 100.0 Å². The van der Waals surface area contributed by atoms with Gasteiger partial charge in [-0.25, -0.2) is 9.18 Å². The molecule has 3 nitrogen and oxygen atoms in total. The highest BCUT2D eigenvalue weighted by Crippen LogP contribution is 2.34. The molecule has 1 atom stereocenters. The third-order valence-electron chi connectivity index (χ3n) is 3.10. The molecule has 0 heterocycles. The fourth-order valence-electron chi connectivity index (χ4n) is 1.88. The molecule has 1 saturated carbocycles. The quantitative estimate of drug-likeness (QED) is 0.818. The van der Waals surface area contributed by atoms with E-state index in [2.05, 4.69) is 10.1 Å². The fraction of sp³-hybridized carbons (Fsp3) is 0.462. The summed E-state index contributed by atoms with van der Waals surface area (Å²) in [6.45, 7) is 2.05. The van der Waals surface area contributed by atoms with Gasteiger partial charge in [-0.15, -0.1) is 0 Å². The Bertz CT molecular complexity index is 429. The highest BCUT2D eigenvalue weighted by molar-refractivity contribution is 5.95. The van der Waals surface area contributed by atoms with Crippen LogP contribution in [0.1, 0.15) is 30.1 Å². The van der Waals surface area contributed by atoms with Crippen LogP contribution in [0.2, 0.25) is 0 Å². The molecule has 1 fully saturated rings. The highest BCUT2D eigenvalue weighted by atomic mass is 19.1. The number of carbonyl (C=O) groups is 1. The number of carbonyl (C=O) groups excluding carboxylic acids is 1. The van der Waals surface area contributed by atoms with Gasteiger partial charge in [-0.3, -0.25) is 0 Å². The summed E-state index contributed by atoms with van der Waals surface area (Å²) in [5, 5.41) is 3.19. The molecule has 1 aliphatic rings. The zero-order valence-electron chi connectivity index (χ0n) is 10.00. The van der Waals surface area contributed by atoms with Gasteiger partial charge < -0.3 is 10.1 Å². The molecule has 0 radical (unpaired) electrons. The molecule has 92 valence electrons. The number of rotatable bonds is 4. The minimum absolute atomic E-state index is 0.250. The van der Waals surface area contributed by atoms with E-state index < -0.39 is 5.97 Å². The van der Waals surface area contributed by atoms with Crippen LogP contribution in [0.5, 0.6) is 0 Å². The van der Waals surface area contributed by atoms with Gasteiger partial charge in [0.1, 0.15) is 5.82 Å². The lowest BCUT2D eigenvalue weighted by molar-refractivity contribution is 0.0601. The van der Waals surface area contributed by atoms with Crippen molar-refractivity contribution in [2.75, 3.05) is 12.4 Å². The Hall–Kier alpha value is -1.58. The van der Waals surface area contributed by atoms with Crippen LogP contribution < -0.4 is 5.32 Å². The molecule has 1 unspecified atom stereocenters. The summed E-state index contributed by atoms with van der Waals surface area (Å²) in [5.41, 5.74) is 0.887. The van der Waals surface area contributed by atoms with Gasteiger partial charge in [0.2, 0.25) is 0 Å². The molecule has 1 aromatic rings. The Kier molecular flexibility index (Phi) is 3.31. The van der Waals surface area contributed by atoms with Crippen molar-refractivity contribution in [1.82, 2.24) is 0 Å². The van der Waals surface area contributed by atoms with E-state index in [1.54, 1.807) is 0 Å². The van der Waals surface area contributed by atoms with E-state index in [4.69, 9.17) is 0 Å². The zero-order valence-corrected chi connectivity index (χ0v) is 10.00. The maximum absolute atomic E-state index is 13.2. The fourth-order valence-corrected chi connectivity index (χ4v) is 1.88. The van der Waals surface area contributed by atoms with Gasteiger partial charge >= 0.3 is 5.97 Å². The predicted molar refractivity (Wildman–Crippen MR) is 63.5 cm³/mol. The smallest absolute Gasteiger partial charge is 0.339 e. The van der Waals surface area contributed by atoms with Crippen LogP contribution >= 0.6 is 0 Å². The number of halogens is 1. The first-order valence-corrected chi connectivity index (χ1v) is 5.76. The van der Waals surface area contributed by atoms with Gasteiger partial charge in [-0.2, -0.15) is 0 Å². The molecule has 0 saturated heterocycles. The monoisotopic (exact) mass is 237 g/mol. The molecular formula is C13H16FNO2. The highest BCUT2D eigenvalue weighted by Gasteiger charge is 2.28. The molecular weight excluding hydrogens is 221 g/mol. The summed E-state index contributed by atoms with van der Waals surface area (Å²) in [7, 11) is 1.32. The Morgan fingerprint density at radius 1 is 1.53 bits per heavy atom. The Morgan fingerprint density at radius 2 is 2.24 bits per heavy atom. The standard InChI is InChI=1S/C13H16FNO2/c1-8(9-3-4-9)15-12-7-10(14)5-6-11(12)13(16)17-2/h5-9,15H,3-4H2,1-2H3. The topological polar surface area (TPSA) is 38.3 Å². The van der Waals surface area contributed by atoms with E-state index in [1.165, 1.54) is 38.2 Å². The van der Waals surface area contributed by atoms with Crippen molar-refractivity contribution in [3.8, 4) is 0 Å². The molecule has 1 aliphatic carbocycles. The van der Waals surface area contributed by atoms with E-state index in [0.29, 0.717) is 17.2 Å². The van der Waals surface area contributed by atoms with Gasteiger partial charge in [0.05, 0.1) is 18.4 Å². The SMILES string of the molecule is COC(=O)c1ccc(F)cc1NC(C)C1CC1. The van der Waals surface area contributed by atoms with Crippen molar-refractivity contribution < 1.29 is 13.9 Å². The minimum atomic E-state index is -0.449. The van der Waals surface area contributed by atoms with E-state index >= 15 is 0 Å². The van der Waals surface area contributed by atoms with Crippen LogP contribution in [0.15, 0.2) is 18.2 Å². The van der Waals surface area contributed by atoms with Crippen LogP contribution in [0.25, 0.3) is 0 Å². The van der Waals surface area contributed by atoms with Gasteiger partial charge in [0.15, 0.2) is 0 Å². The molecule has 0 aliphatic heterocycles. The number of anilines is 1. The van der Waals surface area contributed by atoms with Gasteiger partial charge in [0.25, 0.3) is 0 Å². The summed E-state index contributed by atoms with van der Waals surface area (Å²) < 4.78 is 17.9. The third-order valence-corrected chi connectivity index (χ3v) is 3.10. The second-order valence-electron chi connectivity index (χ2n) is 4.45. The average Bonchev–Trinajstić information content (AvgIpc) is 3.12. The molecule has 0 aromatic heterocycles. The number of ether oxygens (including phenoxy) is 1. The van der Waals surface area contributed by atoms with Crippen molar-refractivity contribution in [1.29, 1.82) is 0 Å². The lowest BCUT2D eigenvalue weighted by Crippen LogP contribution is -2.19. The maximum atomic E-state index is 13.2. The predicted octanol–water partition coefficient (Wildman–Crippen LogP) is 2.82. The van der Waals surface area contributed by atoms with Crippen LogP contribution in [0, 0.1) is 11.7 Å². The van der Waals surface area contributed by atoms with Gasteiger partial charge in [-0.1, -0.05) is 0 Å². The molecule has 1 N–H and O–H groups in total. The first-order chi connectivity index (χ1) is 8.11. The zero-order chi connectivity index (χ0) is 12.4. The summed E-state index contributed by atoms with van der Waals surface area (Å²) in [6, 6.07) is 4.30. The average molecular weight is 237 g/mol. The van der Waals surface area contributed by atoms with Gasteiger partial charge in [0, 0.05) is 6.04 Å². The van der Waals surface area contributed by atoms with Crippen molar-refractivity contribution in [2.45, 2.75) is 25.8 Å². The number of nitrogens with one attached hydrogen (secondary N) is 1. The van der Waals surface area contributed by atoms with Crippen molar-refractivity contribution >= 4 is 11.7 Å². The van der Waals surface area contributed by atoms with Crippen molar-refractivity contribution in [3.63, 3.8) is 0 Å². The van der Waals surface area contributed by atoms with Crippen LogP contribution in [-0.2, 0) is 4.74 Å². The number of hydrogen-bond donors (Lipinski definition) is 1. The summed E-state index contributed by atoms with van der Waals surface area (Å²) in [6.07, 6.45) is 2.38. The minimum Gasteiger partial charge on any atom is -0.465 e. The first-order valence-electron chi connectivity index (χ1n) is 5.76. The second-order valence-corrected chi connectivity index (χ2v) is 4.45. The number of hydrogen-bond acceptors (Lipinski definition) is 3. The maximum Gasteiger partial charge on any atom is 0.339 e. The van der Waals surface area contributed by atoms with Crippen LogP contribution in [0.3, 0.4) is 0 Å². The van der Waals surface area contributed by atoms with Crippen LogP contribution in [0.4, 0.5) is 10.1 Å². The normalized spacial score (nSPS) is 16.4. The molecule has 2 rings (SSSR count). The Balaban J connectivity index is 2.22. The van der Waals surface area contributed by atoms with Crippen LogP contribution in [-0.4, -0.2) is 19.1 Å². The van der Waals surface area contributed by atoms with Crippen molar-refractivity contribution in [2.24, 2.45) is 5.92 Å². The van der Waals surface area contributed by atoms with E-state index in [0.717, 1.165) is 0 Å². The van der Waals surface area contributed by atoms with E-state index in [-0.39, 0.29) is 11.9 Å². The summed E-state index contributed by atoms with van der Waals surface area (Å²) >= 11 is 0. The number of esters is 1. The van der Waals surface area contributed by atoms with E-state index in [1.807, 2.05) is 6.92 Å². The molecule has 17 heavy (non-hydrogen) atoms. The second kappa shape index (κ2) is 4.73. The molecule has 4 heteroatoms. The third kappa shape index (κ3) is 2.75. The lowest BCUT2D eigenvalue weighted by atomic mass is 10.1. The van der Waals surface area contributed by atoms with E-state index in [9.17, 15) is 9.18 Å². The first kappa shape index (κ1) is 11.9. The summed E-state index contributed by atoms with van der Waals surface area (Å²) in [5.74, 6) is -0.178. The lowest BCUT2D eigenvalue weighted by Gasteiger charge is -2.16. The van der Waals surface area contributed by atoms with Crippen molar-refractivity contribution in [3.05, 3.63) is 29.6 Å². The summed E-state index contributed by atoms with van der Waals surface area (Å²) in [4.78, 5) is 11.5. The Morgan fingerprint density at radius 3 is 2.82 bits per heavy atom. The molecule has 0 bridgehead atoms.